The van der Waals surface area contributed by atoms with Crippen LogP contribution in [0.4, 0.5) is 4.79 Å². The molecule has 1 aromatic rings. The Balaban J connectivity index is 2.04. The summed E-state index contributed by atoms with van der Waals surface area (Å²) >= 11 is 0. The van der Waals surface area contributed by atoms with Crippen molar-refractivity contribution in [1.82, 2.24) is 4.90 Å². The summed E-state index contributed by atoms with van der Waals surface area (Å²) in [5.41, 5.74) is 1.30. The van der Waals surface area contributed by atoms with E-state index in [1.807, 2.05) is 0 Å². The number of aldehydes is 1. The SMILES string of the molecule is COC(=O)c1c(C=O)cc(C2CCN(C(=O)OCCS(C)(C)C)CC2)cc1OC. The first-order chi connectivity index (χ1) is 13.7. The van der Waals surface area contributed by atoms with E-state index in [1.54, 1.807) is 17.0 Å². The molecule has 0 saturated carbocycles. The Labute approximate surface area is 174 Å². The van der Waals surface area contributed by atoms with Gasteiger partial charge in [-0.1, -0.05) is 0 Å². The highest BCUT2D eigenvalue weighted by Crippen LogP contribution is 2.35. The summed E-state index contributed by atoms with van der Waals surface area (Å²) in [5.74, 6) is 0.779. The highest BCUT2D eigenvalue weighted by molar-refractivity contribution is 8.32. The van der Waals surface area contributed by atoms with Gasteiger partial charge in [-0.3, -0.25) is 4.79 Å². The normalized spacial score (nSPS) is 15.6. The fourth-order valence-corrected chi connectivity index (χ4v) is 3.92. The third-order valence-corrected chi connectivity index (χ3v) is 6.43. The van der Waals surface area contributed by atoms with E-state index in [2.05, 4.69) is 18.8 Å². The minimum atomic E-state index is -0.689. The summed E-state index contributed by atoms with van der Waals surface area (Å²) in [7, 11) is 2.03. The molecule has 2 rings (SSSR count). The number of carbonyl (C=O) groups is 3. The van der Waals surface area contributed by atoms with Crippen LogP contribution in [0.25, 0.3) is 0 Å². The standard InChI is InChI=1S/C21H31NO6S/c1-26-18-13-16(12-17(14-23)19(18)20(24)27-2)15-6-8-22(9-7-15)21(25)28-10-11-29(3,4)5/h12-15H,6-11H2,1-5H3. The second kappa shape index (κ2) is 10.0. The molecule has 7 nitrogen and oxygen atoms in total. The minimum Gasteiger partial charge on any atom is -0.496 e. The average molecular weight is 426 g/mol. The van der Waals surface area contributed by atoms with E-state index in [1.165, 1.54) is 14.2 Å². The molecule has 0 unspecified atom stereocenters. The quantitative estimate of drug-likeness (QED) is 0.492. The number of piperidine rings is 1. The molecule has 1 amide bonds. The number of nitrogens with zero attached hydrogens (tertiary/aromatic N) is 1. The largest absolute Gasteiger partial charge is 0.496 e. The third-order valence-electron chi connectivity index (χ3n) is 5.04. The zero-order valence-corrected chi connectivity index (χ0v) is 18.7. The molecular formula is C21H31NO6S. The number of ether oxygens (including phenoxy) is 3. The van der Waals surface area contributed by atoms with E-state index in [9.17, 15) is 14.4 Å². The van der Waals surface area contributed by atoms with E-state index in [0.29, 0.717) is 31.7 Å². The minimum absolute atomic E-state index is 0.135. The molecule has 0 aromatic heterocycles. The second-order valence-electron chi connectivity index (χ2n) is 7.97. The van der Waals surface area contributed by atoms with Crippen molar-refractivity contribution in [1.29, 1.82) is 0 Å². The number of hydrogen-bond acceptors (Lipinski definition) is 6. The van der Waals surface area contributed by atoms with Gasteiger partial charge in [0.15, 0.2) is 6.29 Å². The number of esters is 1. The molecule has 0 radical (unpaired) electrons. The van der Waals surface area contributed by atoms with Crippen molar-refractivity contribution in [2.75, 3.05) is 58.4 Å². The first kappa shape index (κ1) is 23.1. The lowest BCUT2D eigenvalue weighted by Crippen LogP contribution is -2.38. The molecule has 1 fully saturated rings. The van der Waals surface area contributed by atoms with Crippen molar-refractivity contribution in [3.8, 4) is 5.75 Å². The summed E-state index contributed by atoms with van der Waals surface area (Å²) in [5, 5.41) is 0. The van der Waals surface area contributed by atoms with Crippen LogP contribution in [0.2, 0.25) is 0 Å². The van der Waals surface area contributed by atoms with E-state index in [-0.39, 0.29) is 23.1 Å². The van der Waals surface area contributed by atoms with Gasteiger partial charge in [-0.15, -0.1) is 0 Å². The predicted molar refractivity (Wildman–Crippen MR) is 115 cm³/mol. The van der Waals surface area contributed by atoms with Gasteiger partial charge >= 0.3 is 12.1 Å². The van der Waals surface area contributed by atoms with Crippen molar-refractivity contribution < 1.29 is 28.6 Å². The molecule has 1 aromatic carbocycles. The van der Waals surface area contributed by atoms with E-state index in [4.69, 9.17) is 14.2 Å². The van der Waals surface area contributed by atoms with E-state index in [0.717, 1.165) is 24.2 Å². The number of carbonyl (C=O) groups excluding carboxylic acids is 3. The van der Waals surface area contributed by atoms with Crippen molar-refractivity contribution in [3.05, 3.63) is 28.8 Å². The van der Waals surface area contributed by atoms with E-state index < -0.39 is 16.0 Å². The molecule has 162 valence electrons. The third kappa shape index (κ3) is 6.13. The number of benzene rings is 1. The molecule has 1 aliphatic heterocycles. The lowest BCUT2D eigenvalue weighted by atomic mass is 9.87. The number of rotatable bonds is 7. The lowest BCUT2D eigenvalue weighted by Gasteiger charge is -2.32. The van der Waals surface area contributed by atoms with Gasteiger partial charge in [-0.05, 0) is 55.2 Å². The number of hydrogen-bond donors (Lipinski definition) is 0. The predicted octanol–water partition coefficient (Wildman–Crippen LogP) is 3.30. The molecular weight excluding hydrogens is 394 g/mol. The van der Waals surface area contributed by atoms with Crippen molar-refractivity contribution in [2.24, 2.45) is 0 Å². The zero-order chi connectivity index (χ0) is 21.6. The number of methoxy groups -OCH3 is 2. The Morgan fingerprint density at radius 1 is 1.17 bits per heavy atom. The van der Waals surface area contributed by atoms with Crippen LogP contribution in [0.3, 0.4) is 0 Å². The van der Waals surface area contributed by atoms with Gasteiger partial charge in [0.2, 0.25) is 0 Å². The van der Waals surface area contributed by atoms with Gasteiger partial charge in [0.25, 0.3) is 0 Å². The van der Waals surface area contributed by atoms with Crippen LogP contribution in [0.15, 0.2) is 12.1 Å². The molecule has 29 heavy (non-hydrogen) atoms. The number of likely N-dealkylation sites (tertiary alicyclic amines) is 1. The molecule has 0 atom stereocenters. The van der Waals surface area contributed by atoms with E-state index >= 15 is 0 Å². The Bertz CT molecular complexity index is 750. The Morgan fingerprint density at radius 2 is 1.83 bits per heavy atom. The van der Waals surface area contributed by atoms with Gasteiger partial charge < -0.3 is 19.1 Å². The zero-order valence-electron chi connectivity index (χ0n) is 17.9. The van der Waals surface area contributed by atoms with Crippen molar-refractivity contribution in [2.45, 2.75) is 18.8 Å². The summed E-state index contributed by atoms with van der Waals surface area (Å²) in [6, 6.07) is 3.50. The van der Waals surface area contributed by atoms with Crippen molar-refractivity contribution >= 4 is 28.4 Å². The molecule has 0 spiro atoms. The van der Waals surface area contributed by atoms with Crippen LogP contribution >= 0.6 is 10.0 Å². The van der Waals surface area contributed by atoms with Crippen LogP contribution in [-0.2, 0) is 9.47 Å². The maximum atomic E-state index is 12.3. The molecule has 8 heteroatoms. The first-order valence-corrected chi connectivity index (χ1v) is 12.6. The van der Waals surface area contributed by atoms with Crippen LogP contribution in [-0.4, -0.2) is 81.7 Å². The smallest absolute Gasteiger partial charge is 0.409 e. The van der Waals surface area contributed by atoms with Crippen LogP contribution in [0, 0.1) is 0 Å². The fraction of sp³-hybridized carbons (Fsp3) is 0.571. The second-order valence-corrected chi connectivity index (χ2v) is 12.6. The van der Waals surface area contributed by atoms with Gasteiger partial charge in [0.05, 0.1) is 14.2 Å². The summed E-state index contributed by atoms with van der Waals surface area (Å²) in [6.07, 6.45) is 8.46. The van der Waals surface area contributed by atoms with Crippen LogP contribution in [0.1, 0.15) is 45.0 Å². The summed E-state index contributed by atoms with van der Waals surface area (Å²) in [6.45, 7) is 1.62. The molecule has 0 aliphatic carbocycles. The lowest BCUT2D eigenvalue weighted by molar-refractivity contribution is 0.0594. The molecule has 0 bridgehead atoms. The monoisotopic (exact) mass is 425 g/mol. The van der Waals surface area contributed by atoms with Gasteiger partial charge in [-0.2, -0.15) is 0 Å². The van der Waals surface area contributed by atoms with Crippen LogP contribution in [0.5, 0.6) is 5.75 Å². The highest BCUT2D eigenvalue weighted by atomic mass is 32.3. The molecule has 1 saturated heterocycles. The molecule has 1 aliphatic rings. The maximum absolute atomic E-state index is 12.3. The van der Waals surface area contributed by atoms with Gasteiger partial charge in [-0.25, -0.2) is 19.6 Å². The Hall–Kier alpha value is -2.22. The van der Waals surface area contributed by atoms with Gasteiger partial charge in [0.1, 0.15) is 17.9 Å². The summed E-state index contributed by atoms with van der Waals surface area (Å²) in [4.78, 5) is 37.5. The first-order valence-electron chi connectivity index (χ1n) is 9.53. The topological polar surface area (TPSA) is 82.1 Å². The Kier molecular flexibility index (Phi) is 7.96. The highest BCUT2D eigenvalue weighted by Gasteiger charge is 2.27. The molecule has 1 heterocycles. The maximum Gasteiger partial charge on any atom is 0.409 e. The average Bonchev–Trinajstić information content (AvgIpc) is 2.71. The van der Waals surface area contributed by atoms with Crippen LogP contribution < -0.4 is 4.74 Å². The fourth-order valence-electron chi connectivity index (χ4n) is 3.33. The Morgan fingerprint density at radius 3 is 2.34 bits per heavy atom. The van der Waals surface area contributed by atoms with Gasteiger partial charge in [0, 0.05) is 24.4 Å². The summed E-state index contributed by atoms with van der Waals surface area (Å²) < 4.78 is 15.5. The number of amides is 1. The molecule has 0 N–H and O–H groups in total. The van der Waals surface area contributed by atoms with Crippen molar-refractivity contribution in [3.63, 3.8) is 0 Å².